The smallest absolute Gasteiger partial charge is 0.0211 e. The summed E-state index contributed by atoms with van der Waals surface area (Å²) in [4.78, 5) is 0. The third-order valence-corrected chi connectivity index (χ3v) is 4.31. The Bertz CT molecular complexity index is 545. The van der Waals surface area contributed by atoms with Gasteiger partial charge >= 0.3 is 0 Å². The third-order valence-electron chi connectivity index (χ3n) is 4.31. The second-order valence-corrected chi connectivity index (χ2v) is 5.85. The van der Waals surface area contributed by atoms with Crippen molar-refractivity contribution < 1.29 is 0 Å². The molecule has 0 unspecified atom stereocenters. The topological polar surface area (TPSA) is 24.1 Å². The monoisotopic (exact) mass is 280 g/mol. The molecule has 3 rings (SSSR count). The lowest BCUT2D eigenvalue weighted by Gasteiger charge is -2.23. The Morgan fingerprint density at radius 3 is 2.43 bits per heavy atom. The summed E-state index contributed by atoms with van der Waals surface area (Å²) in [7, 11) is 0. The lowest BCUT2D eigenvalue weighted by molar-refractivity contribution is 0.356. The van der Waals surface area contributed by atoms with E-state index in [4.69, 9.17) is 0 Å². The largest absolute Gasteiger partial charge is 0.317 e. The molecule has 0 saturated carbocycles. The summed E-state index contributed by atoms with van der Waals surface area (Å²) in [5.41, 5.74) is 4.03. The summed E-state index contributed by atoms with van der Waals surface area (Å²) in [6, 6.07) is 19.4. The van der Waals surface area contributed by atoms with Crippen LogP contribution in [0.3, 0.4) is 0 Å². The minimum absolute atomic E-state index is 0.829. The first kappa shape index (κ1) is 14.3. The predicted molar refractivity (Wildman–Crippen MR) is 89.2 cm³/mol. The van der Waals surface area contributed by atoms with Gasteiger partial charge in [0.15, 0.2) is 0 Å². The van der Waals surface area contributed by atoms with E-state index < -0.39 is 0 Å². The maximum absolute atomic E-state index is 3.65. The van der Waals surface area contributed by atoms with Crippen LogP contribution in [0.5, 0.6) is 0 Å². The molecule has 2 nitrogen and oxygen atoms in total. The van der Waals surface area contributed by atoms with Gasteiger partial charge in [-0.1, -0.05) is 54.6 Å². The average Bonchev–Trinajstić information content (AvgIpc) is 2.57. The molecule has 1 fully saturated rings. The number of piperidine rings is 1. The molecular weight excluding hydrogens is 256 g/mol. The van der Waals surface area contributed by atoms with E-state index in [2.05, 4.69) is 65.2 Å². The number of rotatable bonds is 5. The van der Waals surface area contributed by atoms with Crippen molar-refractivity contribution in [2.45, 2.75) is 19.4 Å². The fraction of sp³-hybridized carbons (Fsp3) is 0.368. The summed E-state index contributed by atoms with van der Waals surface area (Å²) >= 11 is 0. The number of benzene rings is 2. The lowest BCUT2D eigenvalue weighted by atomic mass is 9.97. The van der Waals surface area contributed by atoms with Crippen LogP contribution >= 0.6 is 0 Å². The maximum Gasteiger partial charge on any atom is 0.0211 e. The van der Waals surface area contributed by atoms with Gasteiger partial charge < -0.3 is 10.6 Å². The van der Waals surface area contributed by atoms with Crippen molar-refractivity contribution in [1.29, 1.82) is 0 Å². The van der Waals surface area contributed by atoms with E-state index in [0.717, 1.165) is 19.0 Å². The summed E-state index contributed by atoms with van der Waals surface area (Å²) < 4.78 is 0. The highest BCUT2D eigenvalue weighted by Gasteiger charge is 2.12. The van der Waals surface area contributed by atoms with Crippen molar-refractivity contribution >= 4 is 0 Å². The second kappa shape index (κ2) is 7.39. The van der Waals surface area contributed by atoms with Crippen LogP contribution in [0.1, 0.15) is 18.4 Å². The van der Waals surface area contributed by atoms with Crippen LogP contribution in [0.15, 0.2) is 54.6 Å². The SMILES string of the molecule is c1ccc(-c2ccccc2CNCC2CCNCC2)cc1. The highest BCUT2D eigenvalue weighted by molar-refractivity contribution is 5.67. The van der Waals surface area contributed by atoms with Crippen molar-refractivity contribution in [3.8, 4) is 11.1 Å². The van der Waals surface area contributed by atoms with Crippen molar-refractivity contribution in [3.63, 3.8) is 0 Å². The van der Waals surface area contributed by atoms with Gasteiger partial charge in [-0.25, -0.2) is 0 Å². The Labute approximate surface area is 127 Å². The minimum Gasteiger partial charge on any atom is -0.317 e. The highest BCUT2D eigenvalue weighted by Crippen LogP contribution is 2.23. The van der Waals surface area contributed by atoms with E-state index >= 15 is 0 Å². The molecule has 0 radical (unpaired) electrons. The van der Waals surface area contributed by atoms with Gasteiger partial charge in [-0.3, -0.25) is 0 Å². The quantitative estimate of drug-likeness (QED) is 0.876. The molecule has 2 aromatic carbocycles. The Hall–Kier alpha value is -1.64. The van der Waals surface area contributed by atoms with Gasteiger partial charge in [0, 0.05) is 6.54 Å². The van der Waals surface area contributed by atoms with Gasteiger partial charge in [0.25, 0.3) is 0 Å². The molecular formula is C19H24N2. The molecule has 1 saturated heterocycles. The number of nitrogens with one attached hydrogen (secondary N) is 2. The Balaban J connectivity index is 1.63. The molecule has 0 bridgehead atoms. The molecule has 1 aliphatic heterocycles. The van der Waals surface area contributed by atoms with Crippen molar-refractivity contribution in [2.75, 3.05) is 19.6 Å². The molecule has 110 valence electrons. The van der Waals surface area contributed by atoms with Crippen LogP contribution in [0, 0.1) is 5.92 Å². The summed E-state index contributed by atoms with van der Waals surface area (Å²) in [5, 5.41) is 7.08. The first-order chi connectivity index (χ1) is 10.4. The van der Waals surface area contributed by atoms with Gasteiger partial charge in [0.2, 0.25) is 0 Å². The van der Waals surface area contributed by atoms with E-state index in [1.807, 2.05) is 0 Å². The number of hydrogen-bond acceptors (Lipinski definition) is 2. The molecule has 0 spiro atoms. The molecule has 0 aromatic heterocycles. The van der Waals surface area contributed by atoms with E-state index in [-0.39, 0.29) is 0 Å². The van der Waals surface area contributed by atoms with E-state index in [9.17, 15) is 0 Å². The first-order valence-electron chi connectivity index (χ1n) is 7.98. The second-order valence-electron chi connectivity index (χ2n) is 5.85. The van der Waals surface area contributed by atoms with Crippen LogP contribution in [0.4, 0.5) is 0 Å². The fourth-order valence-corrected chi connectivity index (χ4v) is 3.07. The molecule has 2 aromatic rings. The average molecular weight is 280 g/mol. The van der Waals surface area contributed by atoms with Crippen LogP contribution in [-0.4, -0.2) is 19.6 Å². The van der Waals surface area contributed by atoms with Crippen LogP contribution < -0.4 is 10.6 Å². The van der Waals surface area contributed by atoms with Crippen molar-refractivity contribution in [3.05, 3.63) is 60.2 Å². The molecule has 2 heteroatoms. The van der Waals surface area contributed by atoms with Crippen molar-refractivity contribution in [2.24, 2.45) is 5.92 Å². The molecule has 1 aliphatic rings. The molecule has 0 amide bonds. The zero-order valence-electron chi connectivity index (χ0n) is 12.5. The van der Waals surface area contributed by atoms with Crippen LogP contribution in [-0.2, 0) is 6.54 Å². The van der Waals surface area contributed by atoms with Gasteiger partial charge in [-0.2, -0.15) is 0 Å². The molecule has 21 heavy (non-hydrogen) atoms. The van der Waals surface area contributed by atoms with E-state index in [1.165, 1.54) is 42.6 Å². The summed E-state index contributed by atoms with van der Waals surface area (Å²) in [6.45, 7) is 4.43. The predicted octanol–water partition coefficient (Wildman–Crippen LogP) is 3.44. The zero-order valence-corrected chi connectivity index (χ0v) is 12.5. The van der Waals surface area contributed by atoms with Gasteiger partial charge in [-0.05, 0) is 55.1 Å². The normalized spacial score (nSPS) is 16.0. The Kier molecular flexibility index (Phi) is 5.03. The summed E-state index contributed by atoms with van der Waals surface area (Å²) in [5.74, 6) is 0.829. The summed E-state index contributed by atoms with van der Waals surface area (Å²) in [6.07, 6.45) is 2.60. The van der Waals surface area contributed by atoms with E-state index in [0.29, 0.717) is 0 Å². The zero-order chi connectivity index (χ0) is 14.3. The lowest BCUT2D eigenvalue weighted by Crippen LogP contribution is -2.33. The molecule has 0 aliphatic carbocycles. The molecule has 0 atom stereocenters. The van der Waals surface area contributed by atoms with Gasteiger partial charge in [0.1, 0.15) is 0 Å². The number of hydrogen-bond donors (Lipinski definition) is 2. The Morgan fingerprint density at radius 1 is 0.905 bits per heavy atom. The standard InChI is InChI=1S/C19H24N2/c1-2-6-17(7-3-1)19-9-5-4-8-18(19)15-21-14-16-10-12-20-13-11-16/h1-9,16,20-21H,10-15H2. The Morgan fingerprint density at radius 2 is 1.62 bits per heavy atom. The first-order valence-corrected chi connectivity index (χ1v) is 7.98. The minimum atomic E-state index is 0.829. The molecule has 2 N–H and O–H groups in total. The van der Waals surface area contributed by atoms with Gasteiger partial charge in [0.05, 0.1) is 0 Å². The third kappa shape index (κ3) is 3.93. The van der Waals surface area contributed by atoms with Crippen molar-refractivity contribution in [1.82, 2.24) is 10.6 Å². The van der Waals surface area contributed by atoms with E-state index in [1.54, 1.807) is 0 Å². The van der Waals surface area contributed by atoms with Crippen LogP contribution in [0.2, 0.25) is 0 Å². The van der Waals surface area contributed by atoms with Crippen LogP contribution in [0.25, 0.3) is 11.1 Å². The fourth-order valence-electron chi connectivity index (χ4n) is 3.07. The molecule has 1 heterocycles. The highest BCUT2D eigenvalue weighted by atomic mass is 14.9. The van der Waals surface area contributed by atoms with Gasteiger partial charge in [-0.15, -0.1) is 0 Å². The maximum atomic E-state index is 3.65.